The smallest absolute Gasteiger partial charge is 0.259 e. The molecule has 0 saturated carbocycles. The molecule has 0 bridgehead atoms. The van der Waals surface area contributed by atoms with E-state index in [1.807, 2.05) is 6.26 Å². The van der Waals surface area contributed by atoms with Crippen molar-refractivity contribution >= 4 is 23.4 Å². The molecule has 0 unspecified atom stereocenters. The Morgan fingerprint density at radius 3 is 2.42 bits per heavy atom. The molecular formula is C17H21N3O3S. The molecule has 2 aromatic rings. The van der Waals surface area contributed by atoms with Crippen LogP contribution in [0.2, 0.25) is 0 Å². The summed E-state index contributed by atoms with van der Waals surface area (Å²) in [5.41, 5.74) is 1.83. The van der Waals surface area contributed by atoms with Gasteiger partial charge in [-0.25, -0.2) is 9.97 Å². The van der Waals surface area contributed by atoms with Crippen LogP contribution in [0.5, 0.6) is 11.5 Å². The third kappa shape index (κ3) is 4.38. The van der Waals surface area contributed by atoms with E-state index >= 15 is 0 Å². The maximum Gasteiger partial charge on any atom is 0.259 e. The molecule has 0 aliphatic carbocycles. The lowest BCUT2D eigenvalue weighted by Gasteiger charge is -2.12. The van der Waals surface area contributed by atoms with Crippen molar-refractivity contribution in [3.8, 4) is 11.5 Å². The minimum Gasteiger partial charge on any atom is -0.497 e. The van der Waals surface area contributed by atoms with Crippen LogP contribution in [0.4, 0.5) is 5.69 Å². The Bertz CT molecular complexity index is 700. The summed E-state index contributed by atoms with van der Waals surface area (Å²) in [5, 5.41) is 3.52. The SMILES string of the molecule is CCCc1nc(SC)ncc1C(=O)Nc1cc(OC)cc(OC)c1. The summed E-state index contributed by atoms with van der Waals surface area (Å²) >= 11 is 1.46. The summed E-state index contributed by atoms with van der Waals surface area (Å²) in [6, 6.07) is 5.21. The van der Waals surface area contributed by atoms with Crippen LogP contribution in [-0.2, 0) is 6.42 Å². The predicted molar refractivity (Wildman–Crippen MR) is 95.3 cm³/mol. The highest BCUT2D eigenvalue weighted by Gasteiger charge is 2.15. The number of benzene rings is 1. The Balaban J connectivity index is 2.29. The molecule has 0 aliphatic heterocycles. The molecule has 2 rings (SSSR count). The monoisotopic (exact) mass is 347 g/mol. The Morgan fingerprint density at radius 2 is 1.88 bits per heavy atom. The average Bonchev–Trinajstić information content (AvgIpc) is 2.61. The number of carbonyl (C=O) groups is 1. The molecule has 1 N–H and O–H groups in total. The quantitative estimate of drug-likeness (QED) is 0.611. The van der Waals surface area contributed by atoms with Gasteiger partial charge in [0, 0.05) is 30.1 Å². The lowest BCUT2D eigenvalue weighted by molar-refractivity contribution is 0.102. The van der Waals surface area contributed by atoms with Crippen molar-refractivity contribution in [1.29, 1.82) is 0 Å². The number of anilines is 1. The fourth-order valence-electron chi connectivity index (χ4n) is 2.19. The van der Waals surface area contributed by atoms with Crippen LogP contribution in [0.25, 0.3) is 0 Å². The standard InChI is InChI=1S/C17H21N3O3S/c1-5-6-15-14(10-18-17(20-15)24-4)16(21)19-11-7-12(22-2)9-13(8-11)23-3/h7-10H,5-6H2,1-4H3,(H,19,21). The van der Waals surface area contributed by atoms with Gasteiger partial charge in [-0.1, -0.05) is 25.1 Å². The molecule has 0 aliphatic rings. The van der Waals surface area contributed by atoms with Gasteiger partial charge in [-0.2, -0.15) is 0 Å². The van der Waals surface area contributed by atoms with Crippen molar-refractivity contribution in [2.75, 3.05) is 25.8 Å². The van der Waals surface area contributed by atoms with Crippen LogP contribution in [0, 0.1) is 0 Å². The second-order valence-corrected chi connectivity index (χ2v) is 5.80. The molecule has 0 radical (unpaired) electrons. The van der Waals surface area contributed by atoms with E-state index in [0.29, 0.717) is 27.9 Å². The van der Waals surface area contributed by atoms with Gasteiger partial charge in [0.1, 0.15) is 11.5 Å². The van der Waals surface area contributed by atoms with Crippen molar-refractivity contribution in [2.24, 2.45) is 0 Å². The number of aromatic nitrogens is 2. The highest BCUT2D eigenvalue weighted by atomic mass is 32.2. The number of ether oxygens (including phenoxy) is 2. The number of amides is 1. The zero-order valence-corrected chi connectivity index (χ0v) is 15.1. The second kappa shape index (κ2) is 8.54. The number of carbonyl (C=O) groups excluding carboxylic acids is 1. The molecule has 24 heavy (non-hydrogen) atoms. The van der Waals surface area contributed by atoms with Crippen molar-refractivity contribution in [1.82, 2.24) is 9.97 Å². The van der Waals surface area contributed by atoms with E-state index in [9.17, 15) is 4.79 Å². The molecule has 1 aromatic heterocycles. The molecule has 0 spiro atoms. The van der Waals surface area contributed by atoms with E-state index in [-0.39, 0.29) is 5.91 Å². The van der Waals surface area contributed by atoms with Crippen LogP contribution in [0.3, 0.4) is 0 Å². The van der Waals surface area contributed by atoms with E-state index < -0.39 is 0 Å². The van der Waals surface area contributed by atoms with E-state index in [2.05, 4.69) is 22.2 Å². The van der Waals surface area contributed by atoms with Gasteiger partial charge in [0.2, 0.25) is 0 Å². The van der Waals surface area contributed by atoms with Gasteiger partial charge in [0.05, 0.1) is 25.5 Å². The van der Waals surface area contributed by atoms with Gasteiger partial charge in [0.15, 0.2) is 5.16 Å². The largest absolute Gasteiger partial charge is 0.497 e. The first-order chi connectivity index (χ1) is 11.6. The molecule has 1 heterocycles. The number of methoxy groups -OCH3 is 2. The minimum absolute atomic E-state index is 0.249. The molecule has 1 amide bonds. The Morgan fingerprint density at radius 1 is 1.21 bits per heavy atom. The predicted octanol–water partition coefficient (Wildman–Crippen LogP) is 3.42. The summed E-state index contributed by atoms with van der Waals surface area (Å²) < 4.78 is 10.4. The third-order valence-electron chi connectivity index (χ3n) is 3.37. The Kier molecular flexibility index (Phi) is 6.43. The van der Waals surface area contributed by atoms with Crippen LogP contribution >= 0.6 is 11.8 Å². The highest BCUT2D eigenvalue weighted by Crippen LogP contribution is 2.26. The van der Waals surface area contributed by atoms with Gasteiger partial charge in [-0.15, -0.1) is 0 Å². The number of aryl methyl sites for hydroxylation is 1. The molecule has 0 saturated heterocycles. The van der Waals surface area contributed by atoms with Gasteiger partial charge in [-0.3, -0.25) is 4.79 Å². The first kappa shape index (κ1) is 18.1. The van der Waals surface area contributed by atoms with E-state index in [1.54, 1.807) is 38.6 Å². The third-order valence-corrected chi connectivity index (χ3v) is 3.93. The normalized spacial score (nSPS) is 10.3. The first-order valence-corrected chi connectivity index (χ1v) is 8.78. The van der Waals surface area contributed by atoms with Crippen molar-refractivity contribution < 1.29 is 14.3 Å². The Hall–Kier alpha value is -2.28. The van der Waals surface area contributed by atoms with Crippen molar-refractivity contribution in [3.05, 3.63) is 35.7 Å². The maximum absolute atomic E-state index is 12.6. The minimum atomic E-state index is -0.249. The van der Waals surface area contributed by atoms with Gasteiger partial charge in [0.25, 0.3) is 5.91 Å². The summed E-state index contributed by atoms with van der Waals surface area (Å²) in [7, 11) is 3.13. The first-order valence-electron chi connectivity index (χ1n) is 7.55. The van der Waals surface area contributed by atoms with Crippen molar-refractivity contribution in [2.45, 2.75) is 24.9 Å². The number of nitrogens with one attached hydrogen (secondary N) is 1. The Labute approximate surface area is 146 Å². The lowest BCUT2D eigenvalue weighted by atomic mass is 10.1. The summed E-state index contributed by atoms with van der Waals surface area (Å²) in [5.74, 6) is 0.959. The van der Waals surface area contributed by atoms with Crippen LogP contribution in [-0.4, -0.2) is 36.4 Å². The average molecular weight is 347 g/mol. The molecule has 1 aromatic carbocycles. The highest BCUT2D eigenvalue weighted by molar-refractivity contribution is 7.98. The summed E-state index contributed by atoms with van der Waals surface area (Å²) in [4.78, 5) is 21.3. The lowest BCUT2D eigenvalue weighted by Crippen LogP contribution is -2.16. The van der Waals surface area contributed by atoms with Gasteiger partial charge in [-0.05, 0) is 12.7 Å². The molecular weight excluding hydrogens is 326 g/mol. The molecule has 0 atom stereocenters. The van der Waals surface area contributed by atoms with E-state index in [0.717, 1.165) is 18.5 Å². The van der Waals surface area contributed by atoms with Crippen LogP contribution < -0.4 is 14.8 Å². The number of hydrogen-bond donors (Lipinski definition) is 1. The summed E-state index contributed by atoms with van der Waals surface area (Å²) in [6.45, 7) is 2.05. The maximum atomic E-state index is 12.6. The van der Waals surface area contributed by atoms with Gasteiger partial charge < -0.3 is 14.8 Å². The topological polar surface area (TPSA) is 73.3 Å². The van der Waals surface area contributed by atoms with Gasteiger partial charge >= 0.3 is 0 Å². The van der Waals surface area contributed by atoms with Crippen LogP contribution in [0.15, 0.2) is 29.6 Å². The molecule has 128 valence electrons. The molecule has 7 heteroatoms. The number of nitrogens with zero attached hydrogens (tertiary/aromatic N) is 2. The fourth-order valence-corrected chi connectivity index (χ4v) is 2.55. The number of hydrogen-bond acceptors (Lipinski definition) is 6. The number of thioether (sulfide) groups is 1. The zero-order valence-electron chi connectivity index (χ0n) is 14.3. The summed E-state index contributed by atoms with van der Waals surface area (Å²) in [6.07, 6.45) is 5.11. The van der Waals surface area contributed by atoms with E-state index in [4.69, 9.17) is 9.47 Å². The van der Waals surface area contributed by atoms with Crippen LogP contribution in [0.1, 0.15) is 29.4 Å². The second-order valence-electron chi connectivity index (χ2n) is 5.02. The number of rotatable bonds is 7. The zero-order chi connectivity index (χ0) is 17.5. The fraction of sp³-hybridized carbons (Fsp3) is 0.353. The van der Waals surface area contributed by atoms with Crippen molar-refractivity contribution in [3.63, 3.8) is 0 Å². The molecule has 0 fully saturated rings. The molecule has 6 nitrogen and oxygen atoms in total. The van der Waals surface area contributed by atoms with E-state index in [1.165, 1.54) is 11.8 Å².